The van der Waals surface area contributed by atoms with Crippen molar-refractivity contribution in [2.24, 2.45) is 0 Å². The molecule has 1 amide bonds. The molecule has 1 fully saturated rings. The minimum atomic E-state index is -0.261. The van der Waals surface area contributed by atoms with Crippen molar-refractivity contribution in [3.63, 3.8) is 0 Å². The molecule has 8 heteroatoms. The number of hydrogen-bond donors (Lipinski definition) is 1. The van der Waals surface area contributed by atoms with E-state index in [0.29, 0.717) is 19.8 Å². The molecular weight excluding hydrogens is 409 g/mol. The first-order valence-electron chi connectivity index (χ1n) is 9.51. The molecule has 1 aliphatic rings. The summed E-state index contributed by atoms with van der Waals surface area (Å²) in [6.45, 7) is 3.36. The van der Waals surface area contributed by atoms with Crippen LogP contribution in [0.25, 0.3) is 9.88 Å². The number of nitrogens with one attached hydrogen (secondary N) is 1. The summed E-state index contributed by atoms with van der Waals surface area (Å²) in [4.78, 5) is 20.5. The molecule has 4 rings (SSSR count). The SMILES string of the molecule is O=C(Cc1csc(-c2cccs2)n1)NCC(c1ccc(F)cc1)N1CCOCC1. The molecule has 1 aromatic carbocycles. The highest BCUT2D eigenvalue weighted by atomic mass is 32.1. The molecule has 2 aromatic heterocycles. The zero-order valence-electron chi connectivity index (χ0n) is 15.8. The molecule has 3 heterocycles. The topological polar surface area (TPSA) is 54.5 Å². The van der Waals surface area contributed by atoms with Gasteiger partial charge in [0.1, 0.15) is 10.8 Å². The number of benzene rings is 1. The highest BCUT2D eigenvalue weighted by Crippen LogP contribution is 2.28. The van der Waals surface area contributed by atoms with Crippen LogP contribution < -0.4 is 5.32 Å². The van der Waals surface area contributed by atoms with E-state index in [1.807, 2.05) is 22.9 Å². The number of aromatic nitrogens is 1. The Morgan fingerprint density at radius 3 is 2.72 bits per heavy atom. The zero-order valence-corrected chi connectivity index (χ0v) is 17.5. The van der Waals surface area contributed by atoms with E-state index in [4.69, 9.17) is 4.74 Å². The third-order valence-electron chi connectivity index (χ3n) is 4.86. The molecule has 0 saturated carbocycles. The van der Waals surface area contributed by atoms with Crippen molar-refractivity contribution in [3.05, 3.63) is 64.2 Å². The zero-order chi connectivity index (χ0) is 20.1. The number of ether oxygens (including phenoxy) is 1. The van der Waals surface area contributed by atoms with Crippen molar-refractivity contribution in [1.29, 1.82) is 0 Å². The minimum absolute atomic E-state index is 0.0134. The van der Waals surface area contributed by atoms with E-state index in [-0.39, 0.29) is 24.2 Å². The Bertz CT molecular complexity index is 922. The Labute approximate surface area is 177 Å². The maximum absolute atomic E-state index is 13.3. The fourth-order valence-electron chi connectivity index (χ4n) is 3.37. The molecular formula is C21H22FN3O2S2. The summed E-state index contributed by atoms with van der Waals surface area (Å²) in [5, 5.41) is 7.94. The fraction of sp³-hybridized carbons (Fsp3) is 0.333. The first-order valence-corrected chi connectivity index (χ1v) is 11.3. The monoisotopic (exact) mass is 431 g/mol. The number of thiophene rings is 1. The van der Waals surface area contributed by atoms with Crippen LogP contribution in [0, 0.1) is 5.82 Å². The van der Waals surface area contributed by atoms with Gasteiger partial charge in [-0.3, -0.25) is 9.69 Å². The molecule has 5 nitrogen and oxygen atoms in total. The van der Waals surface area contributed by atoms with E-state index < -0.39 is 0 Å². The van der Waals surface area contributed by atoms with Gasteiger partial charge in [0.2, 0.25) is 5.91 Å². The second kappa shape index (κ2) is 9.58. The number of morpholine rings is 1. The van der Waals surface area contributed by atoms with Gasteiger partial charge in [-0.05, 0) is 29.1 Å². The van der Waals surface area contributed by atoms with Crippen LogP contribution in [0.15, 0.2) is 47.2 Å². The second-order valence-corrected chi connectivity index (χ2v) is 8.62. The standard InChI is InChI=1S/C21H22FN3O2S2/c22-16-5-3-15(4-6-16)18(25-7-9-27-10-8-25)13-23-20(26)12-17-14-29-21(24-17)19-2-1-11-28-19/h1-6,11,14,18H,7-10,12-13H2,(H,23,26). The molecule has 1 N–H and O–H groups in total. The van der Waals surface area contributed by atoms with E-state index >= 15 is 0 Å². The van der Waals surface area contributed by atoms with Crippen LogP contribution >= 0.6 is 22.7 Å². The third-order valence-corrected chi connectivity index (χ3v) is 6.79. The lowest BCUT2D eigenvalue weighted by Crippen LogP contribution is -2.44. The Morgan fingerprint density at radius 1 is 1.21 bits per heavy atom. The lowest BCUT2D eigenvalue weighted by atomic mass is 10.0. The van der Waals surface area contributed by atoms with E-state index in [0.717, 1.165) is 34.2 Å². The third kappa shape index (κ3) is 5.27. The quantitative estimate of drug-likeness (QED) is 0.619. The van der Waals surface area contributed by atoms with Crippen molar-refractivity contribution < 1.29 is 13.9 Å². The van der Waals surface area contributed by atoms with Crippen LogP contribution in [-0.4, -0.2) is 48.6 Å². The number of halogens is 1. The molecule has 1 saturated heterocycles. The molecule has 29 heavy (non-hydrogen) atoms. The molecule has 0 spiro atoms. The minimum Gasteiger partial charge on any atom is -0.379 e. The first-order chi connectivity index (χ1) is 14.2. The average Bonchev–Trinajstić information content (AvgIpc) is 3.42. The largest absolute Gasteiger partial charge is 0.379 e. The fourth-order valence-corrected chi connectivity index (χ4v) is 5.00. The van der Waals surface area contributed by atoms with Gasteiger partial charge in [0.05, 0.1) is 36.2 Å². The summed E-state index contributed by atoms with van der Waals surface area (Å²) in [5.74, 6) is -0.322. The Balaban J connectivity index is 1.38. The summed E-state index contributed by atoms with van der Waals surface area (Å²) < 4.78 is 18.8. The van der Waals surface area contributed by atoms with Crippen LogP contribution in [0.5, 0.6) is 0 Å². The van der Waals surface area contributed by atoms with Crippen molar-refractivity contribution in [2.75, 3.05) is 32.8 Å². The van der Waals surface area contributed by atoms with Crippen molar-refractivity contribution in [2.45, 2.75) is 12.5 Å². The van der Waals surface area contributed by atoms with Gasteiger partial charge in [0.15, 0.2) is 0 Å². The van der Waals surface area contributed by atoms with Gasteiger partial charge in [-0.25, -0.2) is 9.37 Å². The number of carbonyl (C=O) groups is 1. The number of nitrogens with zero attached hydrogens (tertiary/aromatic N) is 2. The average molecular weight is 432 g/mol. The van der Waals surface area contributed by atoms with Crippen molar-refractivity contribution in [3.8, 4) is 9.88 Å². The molecule has 0 aliphatic carbocycles. The molecule has 1 unspecified atom stereocenters. The van der Waals surface area contributed by atoms with Gasteiger partial charge in [-0.15, -0.1) is 22.7 Å². The summed E-state index contributed by atoms with van der Waals surface area (Å²) in [6.07, 6.45) is 0.251. The van der Waals surface area contributed by atoms with Crippen molar-refractivity contribution in [1.82, 2.24) is 15.2 Å². The van der Waals surface area contributed by atoms with E-state index in [9.17, 15) is 9.18 Å². The Hall–Kier alpha value is -2.13. The van der Waals surface area contributed by atoms with Crippen molar-refractivity contribution >= 4 is 28.6 Å². The lowest BCUT2D eigenvalue weighted by molar-refractivity contribution is -0.120. The van der Waals surface area contributed by atoms with Gasteiger partial charge in [-0.1, -0.05) is 18.2 Å². The summed E-state index contributed by atoms with van der Waals surface area (Å²) in [6, 6.07) is 10.5. The highest BCUT2D eigenvalue weighted by molar-refractivity contribution is 7.20. The van der Waals surface area contributed by atoms with E-state index in [1.165, 1.54) is 12.1 Å². The first kappa shape index (κ1) is 20.2. The van der Waals surface area contributed by atoms with Crippen LogP contribution in [0.3, 0.4) is 0 Å². The summed E-state index contributed by atoms with van der Waals surface area (Å²) in [7, 11) is 0. The lowest BCUT2D eigenvalue weighted by Gasteiger charge is -2.35. The van der Waals surface area contributed by atoms with E-state index in [1.54, 1.807) is 34.8 Å². The molecule has 0 bridgehead atoms. The molecule has 3 aromatic rings. The van der Waals surface area contributed by atoms with Crippen LogP contribution in [-0.2, 0) is 16.0 Å². The molecule has 1 aliphatic heterocycles. The number of hydrogen-bond acceptors (Lipinski definition) is 6. The van der Waals surface area contributed by atoms with Gasteiger partial charge in [0.25, 0.3) is 0 Å². The van der Waals surface area contributed by atoms with Gasteiger partial charge in [-0.2, -0.15) is 0 Å². The number of rotatable bonds is 7. The molecule has 1 atom stereocenters. The number of amides is 1. The van der Waals surface area contributed by atoms with Gasteiger partial charge >= 0.3 is 0 Å². The maximum Gasteiger partial charge on any atom is 0.226 e. The predicted octanol–water partition coefficient (Wildman–Crippen LogP) is 3.74. The summed E-state index contributed by atoms with van der Waals surface area (Å²) in [5.41, 5.74) is 1.77. The maximum atomic E-state index is 13.3. The molecule has 152 valence electrons. The predicted molar refractivity (Wildman–Crippen MR) is 114 cm³/mol. The number of carbonyl (C=O) groups excluding carboxylic acids is 1. The number of thiazole rings is 1. The summed E-state index contributed by atoms with van der Waals surface area (Å²) >= 11 is 3.20. The van der Waals surface area contributed by atoms with Crippen LogP contribution in [0.2, 0.25) is 0 Å². The molecule has 0 radical (unpaired) electrons. The van der Waals surface area contributed by atoms with Crippen LogP contribution in [0.4, 0.5) is 4.39 Å². The van der Waals surface area contributed by atoms with Gasteiger partial charge < -0.3 is 10.1 Å². The van der Waals surface area contributed by atoms with E-state index in [2.05, 4.69) is 15.2 Å². The van der Waals surface area contributed by atoms with Crippen LogP contribution in [0.1, 0.15) is 17.3 Å². The Morgan fingerprint density at radius 2 is 2.00 bits per heavy atom. The normalized spacial score (nSPS) is 15.9. The Kier molecular flexibility index (Phi) is 6.66. The van der Waals surface area contributed by atoms with Gasteiger partial charge in [0, 0.05) is 25.0 Å². The second-order valence-electron chi connectivity index (χ2n) is 6.82. The smallest absolute Gasteiger partial charge is 0.226 e. The highest BCUT2D eigenvalue weighted by Gasteiger charge is 2.23.